The zero-order valence-electron chi connectivity index (χ0n) is 15.3. The highest BCUT2D eigenvalue weighted by atomic mass is 16.2. The van der Waals surface area contributed by atoms with Crippen LogP contribution in [0.5, 0.6) is 0 Å². The smallest absolute Gasteiger partial charge is 0.255 e. The molecule has 0 radical (unpaired) electrons. The van der Waals surface area contributed by atoms with Crippen LogP contribution in [0.4, 0.5) is 5.69 Å². The van der Waals surface area contributed by atoms with Crippen molar-refractivity contribution >= 4 is 17.5 Å². The second-order valence-electron chi connectivity index (χ2n) is 6.42. The van der Waals surface area contributed by atoms with Gasteiger partial charge in [-0.25, -0.2) is 0 Å². The summed E-state index contributed by atoms with van der Waals surface area (Å²) < 4.78 is 0. The van der Waals surface area contributed by atoms with E-state index in [-0.39, 0.29) is 11.8 Å². The normalized spacial score (nSPS) is 14.4. The molecule has 1 aliphatic rings. The fraction of sp³-hybridized carbons (Fsp3) is 0.286. The summed E-state index contributed by atoms with van der Waals surface area (Å²) in [5.41, 5.74) is 1.90. The van der Waals surface area contributed by atoms with E-state index in [2.05, 4.69) is 23.2 Å². The van der Waals surface area contributed by atoms with E-state index in [0.717, 1.165) is 32.7 Å². The second kappa shape index (κ2) is 8.47. The maximum absolute atomic E-state index is 12.6. The van der Waals surface area contributed by atoms with Gasteiger partial charge in [0.25, 0.3) is 11.8 Å². The molecule has 1 fully saturated rings. The maximum Gasteiger partial charge on any atom is 0.255 e. The van der Waals surface area contributed by atoms with Crippen LogP contribution in [0.3, 0.4) is 0 Å². The Balaban J connectivity index is 1.65. The Bertz CT molecular complexity index is 862. The summed E-state index contributed by atoms with van der Waals surface area (Å²) in [4.78, 5) is 29.2. The predicted octanol–water partition coefficient (Wildman–Crippen LogP) is 2.59. The summed E-state index contributed by atoms with van der Waals surface area (Å²) in [5, 5.41) is 11.8. The molecule has 1 heterocycles. The van der Waals surface area contributed by atoms with E-state index < -0.39 is 0 Å². The van der Waals surface area contributed by atoms with Crippen LogP contribution in [0.1, 0.15) is 33.2 Å². The van der Waals surface area contributed by atoms with Crippen molar-refractivity contribution in [1.29, 1.82) is 5.26 Å². The molecule has 0 unspecified atom stereocenters. The van der Waals surface area contributed by atoms with Gasteiger partial charge < -0.3 is 15.1 Å². The average Bonchev–Trinajstić information content (AvgIpc) is 2.73. The minimum atomic E-state index is -0.312. The number of benzene rings is 2. The first-order chi connectivity index (χ1) is 13.1. The van der Waals surface area contributed by atoms with E-state index >= 15 is 0 Å². The van der Waals surface area contributed by atoms with Crippen molar-refractivity contribution in [2.75, 3.05) is 38.0 Å². The number of para-hydroxylation sites is 1. The lowest BCUT2D eigenvalue weighted by Crippen LogP contribution is -2.48. The van der Waals surface area contributed by atoms with Gasteiger partial charge in [-0.15, -0.1) is 0 Å². The molecule has 0 atom stereocenters. The Morgan fingerprint density at radius 1 is 1.00 bits per heavy atom. The van der Waals surface area contributed by atoms with Crippen LogP contribution >= 0.6 is 0 Å². The largest absolute Gasteiger partial charge is 0.336 e. The first kappa shape index (κ1) is 18.6. The summed E-state index contributed by atoms with van der Waals surface area (Å²) in [5.74, 6) is -0.319. The van der Waals surface area contributed by atoms with Gasteiger partial charge in [-0.3, -0.25) is 9.59 Å². The minimum absolute atomic E-state index is 0.00691. The van der Waals surface area contributed by atoms with E-state index in [0.29, 0.717) is 22.4 Å². The fourth-order valence-electron chi connectivity index (χ4n) is 3.10. The summed E-state index contributed by atoms with van der Waals surface area (Å²) in [7, 11) is 0. The predicted molar refractivity (Wildman–Crippen MR) is 104 cm³/mol. The molecule has 2 aromatic rings. The lowest BCUT2D eigenvalue weighted by Gasteiger charge is -2.34. The van der Waals surface area contributed by atoms with Crippen LogP contribution in [0.2, 0.25) is 0 Å². The van der Waals surface area contributed by atoms with E-state index in [1.807, 2.05) is 4.90 Å². The summed E-state index contributed by atoms with van der Waals surface area (Å²) in [6, 6.07) is 15.5. The number of carbonyl (C=O) groups is 2. The number of nitrogens with one attached hydrogen (secondary N) is 1. The Kier molecular flexibility index (Phi) is 5.84. The van der Waals surface area contributed by atoms with Gasteiger partial charge in [0.15, 0.2) is 0 Å². The number of hydrogen-bond acceptors (Lipinski definition) is 4. The number of piperazine rings is 1. The van der Waals surface area contributed by atoms with Crippen molar-refractivity contribution in [3.63, 3.8) is 0 Å². The van der Waals surface area contributed by atoms with Crippen molar-refractivity contribution in [3.05, 3.63) is 65.2 Å². The molecule has 6 nitrogen and oxygen atoms in total. The third-order valence-corrected chi connectivity index (χ3v) is 4.80. The van der Waals surface area contributed by atoms with Crippen molar-refractivity contribution in [2.24, 2.45) is 0 Å². The molecular formula is C21H22N4O2. The number of carbonyl (C=O) groups excluding carboxylic acids is 2. The van der Waals surface area contributed by atoms with Crippen molar-refractivity contribution in [1.82, 2.24) is 9.80 Å². The molecule has 0 aliphatic carbocycles. The first-order valence-electron chi connectivity index (χ1n) is 9.04. The number of hydrogen-bond donors (Lipinski definition) is 1. The molecule has 0 aromatic heterocycles. The maximum atomic E-state index is 12.6. The molecule has 3 rings (SSSR count). The Morgan fingerprint density at radius 2 is 1.63 bits per heavy atom. The molecule has 27 heavy (non-hydrogen) atoms. The Hall–Kier alpha value is -3.17. The molecule has 2 aromatic carbocycles. The third-order valence-electron chi connectivity index (χ3n) is 4.80. The number of amides is 2. The molecule has 2 amide bonds. The van der Waals surface area contributed by atoms with Crippen molar-refractivity contribution < 1.29 is 9.59 Å². The van der Waals surface area contributed by atoms with Crippen molar-refractivity contribution in [2.45, 2.75) is 6.92 Å². The molecular weight excluding hydrogens is 340 g/mol. The van der Waals surface area contributed by atoms with Gasteiger partial charge in [0, 0.05) is 37.3 Å². The van der Waals surface area contributed by atoms with E-state index in [9.17, 15) is 9.59 Å². The van der Waals surface area contributed by atoms with Gasteiger partial charge in [0.2, 0.25) is 0 Å². The SMILES string of the molecule is CCN1CCN(C(=O)c2ccc(C(=O)Nc3ccccc3C#N)cc2)CC1. The third kappa shape index (κ3) is 4.33. The second-order valence-corrected chi connectivity index (χ2v) is 6.42. The van der Waals surface area contributed by atoms with Gasteiger partial charge in [0.05, 0.1) is 11.3 Å². The highest BCUT2D eigenvalue weighted by Crippen LogP contribution is 2.16. The topological polar surface area (TPSA) is 76.4 Å². The van der Waals surface area contributed by atoms with Crippen LogP contribution < -0.4 is 5.32 Å². The summed E-state index contributed by atoms with van der Waals surface area (Å²) in [6.45, 7) is 6.35. The molecule has 138 valence electrons. The quantitative estimate of drug-likeness (QED) is 0.907. The molecule has 1 saturated heterocycles. The van der Waals surface area contributed by atoms with Crippen LogP contribution in [0.15, 0.2) is 48.5 Å². The highest BCUT2D eigenvalue weighted by Gasteiger charge is 2.21. The van der Waals surface area contributed by atoms with Gasteiger partial charge in [-0.1, -0.05) is 19.1 Å². The van der Waals surface area contributed by atoms with E-state index in [1.165, 1.54) is 0 Å². The number of likely N-dealkylation sites (N-methyl/N-ethyl adjacent to an activating group) is 1. The van der Waals surface area contributed by atoms with Gasteiger partial charge in [-0.2, -0.15) is 5.26 Å². The highest BCUT2D eigenvalue weighted by molar-refractivity contribution is 6.05. The zero-order chi connectivity index (χ0) is 19.2. The van der Waals surface area contributed by atoms with Crippen LogP contribution in [0, 0.1) is 11.3 Å². The molecule has 1 N–H and O–H groups in total. The van der Waals surface area contributed by atoms with Gasteiger partial charge in [0.1, 0.15) is 6.07 Å². The van der Waals surface area contributed by atoms with Crippen LogP contribution in [-0.2, 0) is 0 Å². The summed E-state index contributed by atoms with van der Waals surface area (Å²) in [6.07, 6.45) is 0. The Morgan fingerprint density at radius 3 is 2.26 bits per heavy atom. The number of rotatable bonds is 4. The van der Waals surface area contributed by atoms with Crippen LogP contribution in [0.25, 0.3) is 0 Å². The van der Waals surface area contributed by atoms with Gasteiger partial charge in [-0.05, 0) is 42.9 Å². The monoisotopic (exact) mass is 362 g/mol. The van der Waals surface area contributed by atoms with Crippen LogP contribution in [-0.4, -0.2) is 54.3 Å². The number of nitrogens with zero attached hydrogens (tertiary/aromatic N) is 3. The number of nitriles is 1. The number of anilines is 1. The van der Waals surface area contributed by atoms with E-state index in [4.69, 9.17) is 5.26 Å². The zero-order valence-corrected chi connectivity index (χ0v) is 15.3. The Labute approximate surface area is 159 Å². The molecule has 0 bridgehead atoms. The first-order valence-corrected chi connectivity index (χ1v) is 9.04. The fourth-order valence-corrected chi connectivity index (χ4v) is 3.10. The molecule has 6 heteroatoms. The van der Waals surface area contributed by atoms with Gasteiger partial charge >= 0.3 is 0 Å². The molecule has 0 saturated carbocycles. The molecule has 1 aliphatic heterocycles. The van der Waals surface area contributed by atoms with Crippen molar-refractivity contribution in [3.8, 4) is 6.07 Å². The lowest BCUT2D eigenvalue weighted by molar-refractivity contribution is 0.0643. The standard InChI is InChI=1S/C21H22N4O2/c1-2-24-11-13-25(14-12-24)21(27)17-9-7-16(8-10-17)20(26)23-19-6-4-3-5-18(19)15-22/h3-10H,2,11-14H2,1H3,(H,23,26). The lowest BCUT2D eigenvalue weighted by atomic mass is 10.1. The molecule has 0 spiro atoms. The average molecular weight is 362 g/mol. The summed E-state index contributed by atoms with van der Waals surface area (Å²) >= 11 is 0. The van der Waals surface area contributed by atoms with E-state index in [1.54, 1.807) is 48.5 Å². The minimum Gasteiger partial charge on any atom is -0.336 e.